The van der Waals surface area contributed by atoms with Crippen LogP contribution in [0.4, 0.5) is 5.69 Å². The summed E-state index contributed by atoms with van der Waals surface area (Å²) in [6.07, 6.45) is 3.84. The molecule has 1 atom stereocenters. The molecule has 3 aromatic rings. The first-order valence-electron chi connectivity index (χ1n) is 14.2. The molecule has 4 rings (SSSR count). The molecule has 11 heteroatoms. The highest BCUT2D eigenvalue weighted by atomic mass is 35.5. The summed E-state index contributed by atoms with van der Waals surface area (Å²) in [6.45, 7) is 4.77. The normalized spacial score (nSPS) is 14.3. The van der Waals surface area contributed by atoms with Gasteiger partial charge in [-0.25, -0.2) is 8.42 Å². The lowest BCUT2D eigenvalue weighted by Gasteiger charge is -2.33. The zero-order chi connectivity index (χ0) is 31.3. The van der Waals surface area contributed by atoms with Gasteiger partial charge in [0, 0.05) is 12.6 Å². The Morgan fingerprint density at radius 1 is 0.953 bits per heavy atom. The van der Waals surface area contributed by atoms with Crippen molar-refractivity contribution in [2.75, 3.05) is 18.0 Å². The first kappa shape index (κ1) is 32.6. The largest absolute Gasteiger partial charge is 0.495 e. The molecule has 1 N–H and O–H groups in total. The van der Waals surface area contributed by atoms with Crippen molar-refractivity contribution in [3.63, 3.8) is 0 Å². The first-order valence-corrected chi connectivity index (χ1v) is 16.4. The van der Waals surface area contributed by atoms with Gasteiger partial charge in [-0.1, -0.05) is 65.9 Å². The molecule has 0 radical (unpaired) electrons. The van der Waals surface area contributed by atoms with E-state index in [0.717, 1.165) is 41.1 Å². The summed E-state index contributed by atoms with van der Waals surface area (Å²) >= 11 is 12.4. The van der Waals surface area contributed by atoms with Crippen molar-refractivity contribution in [2.24, 2.45) is 0 Å². The molecule has 0 bridgehead atoms. The van der Waals surface area contributed by atoms with Crippen molar-refractivity contribution < 1.29 is 22.7 Å². The number of aryl methyl sites for hydroxylation is 2. The third-order valence-electron chi connectivity index (χ3n) is 7.70. The Balaban J connectivity index is 1.75. The highest BCUT2D eigenvalue weighted by molar-refractivity contribution is 7.92. The number of rotatable bonds is 11. The number of ether oxygens (including phenoxy) is 1. The monoisotopic (exact) mass is 645 g/mol. The van der Waals surface area contributed by atoms with Crippen LogP contribution in [0.1, 0.15) is 49.3 Å². The predicted octanol–water partition coefficient (Wildman–Crippen LogP) is 6.29. The van der Waals surface area contributed by atoms with E-state index < -0.39 is 28.5 Å². The number of anilines is 1. The fraction of sp³-hybridized carbons (Fsp3) is 0.375. The van der Waals surface area contributed by atoms with Crippen LogP contribution in [-0.4, -0.2) is 50.9 Å². The van der Waals surface area contributed by atoms with Crippen LogP contribution in [0.25, 0.3) is 0 Å². The van der Waals surface area contributed by atoms with Crippen LogP contribution in [0, 0.1) is 13.8 Å². The molecule has 43 heavy (non-hydrogen) atoms. The quantitative estimate of drug-likeness (QED) is 0.264. The SMILES string of the molecule is COc1ccc(C)cc1N(CC(=O)N(Cc1ccc(Cl)c(Cl)c1)[C@H](C)C(=O)NC1CCCC1)S(=O)(=O)c1ccc(C)cc1. The van der Waals surface area contributed by atoms with Crippen LogP contribution < -0.4 is 14.4 Å². The van der Waals surface area contributed by atoms with E-state index in [0.29, 0.717) is 15.6 Å². The van der Waals surface area contributed by atoms with Gasteiger partial charge in [-0.2, -0.15) is 0 Å². The van der Waals surface area contributed by atoms with E-state index in [1.807, 2.05) is 13.8 Å². The molecule has 0 spiro atoms. The number of amides is 2. The Labute approximate surface area is 264 Å². The molecule has 1 fully saturated rings. The van der Waals surface area contributed by atoms with Gasteiger partial charge < -0.3 is 15.0 Å². The molecule has 230 valence electrons. The average Bonchev–Trinajstić information content (AvgIpc) is 3.49. The van der Waals surface area contributed by atoms with Gasteiger partial charge in [0.25, 0.3) is 10.0 Å². The van der Waals surface area contributed by atoms with Crippen molar-refractivity contribution in [2.45, 2.75) is 70.0 Å². The fourth-order valence-corrected chi connectivity index (χ4v) is 6.89. The summed E-state index contributed by atoms with van der Waals surface area (Å²) in [5.41, 5.74) is 2.53. The second kappa shape index (κ2) is 14.0. The molecule has 0 heterocycles. The molecule has 1 aliphatic carbocycles. The number of carbonyl (C=O) groups is 2. The molecule has 0 unspecified atom stereocenters. The first-order chi connectivity index (χ1) is 20.4. The number of sulfonamides is 1. The summed E-state index contributed by atoms with van der Waals surface area (Å²) in [4.78, 5) is 29.0. The van der Waals surface area contributed by atoms with Crippen LogP contribution in [0.15, 0.2) is 65.6 Å². The molecule has 0 aromatic heterocycles. The molecular formula is C32H37Cl2N3O5S. The van der Waals surface area contributed by atoms with E-state index in [2.05, 4.69) is 5.32 Å². The van der Waals surface area contributed by atoms with E-state index in [9.17, 15) is 18.0 Å². The van der Waals surface area contributed by atoms with Gasteiger partial charge in [-0.05, 0) is 81.1 Å². The summed E-state index contributed by atoms with van der Waals surface area (Å²) in [7, 11) is -2.79. The van der Waals surface area contributed by atoms with Crippen LogP contribution >= 0.6 is 23.2 Å². The summed E-state index contributed by atoms with van der Waals surface area (Å²) in [5.74, 6) is -0.585. The maximum absolute atomic E-state index is 14.2. The van der Waals surface area contributed by atoms with Crippen molar-refractivity contribution >= 4 is 50.7 Å². The van der Waals surface area contributed by atoms with E-state index >= 15 is 0 Å². The highest BCUT2D eigenvalue weighted by Crippen LogP contribution is 2.34. The molecule has 1 aliphatic rings. The van der Waals surface area contributed by atoms with Gasteiger partial charge in [-0.15, -0.1) is 0 Å². The minimum atomic E-state index is -4.23. The zero-order valence-corrected chi connectivity index (χ0v) is 27.1. The molecule has 2 amide bonds. The van der Waals surface area contributed by atoms with Gasteiger partial charge in [0.15, 0.2) is 0 Å². The summed E-state index contributed by atoms with van der Waals surface area (Å²) in [6, 6.07) is 15.7. The van der Waals surface area contributed by atoms with Crippen LogP contribution in [0.5, 0.6) is 5.75 Å². The molecule has 0 aliphatic heterocycles. The number of hydrogen-bond acceptors (Lipinski definition) is 5. The number of nitrogens with one attached hydrogen (secondary N) is 1. The fourth-order valence-electron chi connectivity index (χ4n) is 5.15. The van der Waals surface area contributed by atoms with E-state index in [1.54, 1.807) is 55.5 Å². The van der Waals surface area contributed by atoms with Crippen molar-refractivity contribution in [3.05, 3.63) is 87.4 Å². The Bertz CT molecular complexity index is 1570. The zero-order valence-electron chi connectivity index (χ0n) is 24.8. The number of halogens is 2. The smallest absolute Gasteiger partial charge is 0.264 e. The number of hydrogen-bond donors (Lipinski definition) is 1. The molecule has 3 aromatic carbocycles. The minimum absolute atomic E-state index is 0.0122. The van der Waals surface area contributed by atoms with Crippen molar-refractivity contribution in [3.8, 4) is 5.75 Å². The minimum Gasteiger partial charge on any atom is -0.495 e. The summed E-state index contributed by atoms with van der Waals surface area (Å²) in [5, 5.41) is 3.73. The lowest BCUT2D eigenvalue weighted by atomic mass is 10.1. The number of benzene rings is 3. The number of nitrogens with zero attached hydrogens (tertiary/aromatic N) is 2. The van der Waals surface area contributed by atoms with Crippen molar-refractivity contribution in [1.82, 2.24) is 10.2 Å². The number of methoxy groups -OCH3 is 1. The van der Waals surface area contributed by atoms with E-state index in [4.69, 9.17) is 27.9 Å². The van der Waals surface area contributed by atoms with Gasteiger partial charge in [0.1, 0.15) is 18.3 Å². The second-order valence-corrected chi connectivity index (χ2v) is 13.6. The maximum atomic E-state index is 14.2. The van der Waals surface area contributed by atoms with Crippen molar-refractivity contribution in [1.29, 1.82) is 0 Å². The summed E-state index contributed by atoms with van der Waals surface area (Å²) < 4.78 is 34.9. The Morgan fingerprint density at radius 3 is 2.23 bits per heavy atom. The average molecular weight is 647 g/mol. The van der Waals surface area contributed by atoms with Gasteiger partial charge in [0.05, 0.1) is 27.7 Å². The second-order valence-electron chi connectivity index (χ2n) is 10.9. The lowest BCUT2D eigenvalue weighted by molar-refractivity contribution is -0.139. The Morgan fingerprint density at radius 2 is 1.60 bits per heavy atom. The van der Waals surface area contributed by atoms with Crippen LogP contribution in [0.2, 0.25) is 10.0 Å². The lowest BCUT2D eigenvalue weighted by Crippen LogP contribution is -2.52. The topological polar surface area (TPSA) is 96.0 Å². The molecule has 8 nitrogen and oxygen atoms in total. The maximum Gasteiger partial charge on any atom is 0.264 e. The number of carbonyl (C=O) groups excluding carboxylic acids is 2. The third-order valence-corrected chi connectivity index (χ3v) is 10.2. The third kappa shape index (κ3) is 7.82. The highest BCUT2D eigenvalue weighted by Gasteiger charge is 2.34. The van der Waals surface area contributed by atoms with Gasteiger partial charge in [-0.3, -0.25) is 13.9 Å². The molecular weight excluding hydrogens is 609 g/mol. The van der Waals surface area contributed by atoms with E-state index in [-0.39, 0.29) is 34.8 Å². The van der Waals surface area contributed by atoms with Gasteiger partial charge >= 0.3 is 0 Å². The van der Waals surface area contributed by atoms with Gasteiger partial charge in [0.2, 0.25) is 11.8 Å². The van der Waals surface area contributed by atoms with Crippen LogP contribution in [-0.2, 0) is 26.2 Å². The molecule has 0 saturated heterocycles. The van der Waals surface area contributed by atoms with E-state index in [1.165, 1.54) is 24.1 Å². The molecule has 1 saturated carbocycles. The standard InChI is InChI=1S/C32H37Cl2N3O5S/c1-21-9-13-26(14-10-21)43(40,41)37(29-17-22(2)11-16-30(29)42-4)20-31(38)36(19-24-12-15-27(33)28(34)18-24)23(3)32(39)35-25-7-5-6-8-25/h9-18,23,25H,5-8,19-20H2,1-4H3,(H,35,39)/t23-/m1/s1. The van der Waals surface area contributed by atoms with Crippen LogP contribution in [0.3, 0.4) is 0 Å². The Hall–Kier alpha value is -3.27. The Kier molecular flexibility index (Phi) is 10.6. The predicted molar refractivity (Wildman–Crippen MR) is 170 cm³/mol.